The standard InChI is InChI=1S/C16H14Br2/c17-15-8-4-12-2-6-14-9-11(3-7-16(14)18)1-5-13(15)10-12/h3-4,7-10H,1-2,5-6H2. The lowest BCUT2D eigenvalue weighted by molar-refractivity contribution is 0.897. The Morgan fingerprint density at radius 3 is 1.50 bits per heavy atom. The molecule has 0 heterocycles. The van der Waals surface area contributed by atoms with E-state index in [1.54, 1.807) is 0 Å². The highest BCUT2D eigenvalue weighted by molar-refractivity contribution is 9.10. The largest absolute Gasteiger partial charge is 0.0579 e. The lowest BCUT2D eigenvalue weighted by Crippen LogP contribution is -2.01. The fourth-order valence-electron chi connectivity index (χ4n) is 2.51. The molecule has 2 aromatic rings. The zero-order valence-electron chi connectivity index (χ0n) is 10.0. The van der Waals surface area contributed by atoms with E-state index in [1.807, 2.05) is 0 Å². The van der Waals surface area contributed by atoms with Gasteiger partial charge in [0.2, 0.25) is 0 Å². The van der Waals surface area contributed by atoms with Crippen molar-refractivity contribution < 1.29 is 0 Å². The number of aryl methyl sites for hydroxylation is 4. The second-order valence-corrected chi connectivity index (χ2v) is 6.56. The minimum Gasteiger partial charge on any atom is -0.0579 e. The van der Waals surface area contributed by atoms with Gasteiger partial charge in [-0.05, 0) is 60.1 Å². The van der Waals surface area contributed by atoms with Crippen LogP contribution in [-0.2, 0) is 25.7 Å². The van der Waals surface area contributed by atoms with Crippen LogP contribution in [0.3, 0.4) is 0 Å². The zero-order chi connectivity index (χ0) is 12.5. The monoisotopic (exact) mass is 364 g/mol. The number of fused-ring (bicyclic) bond motifs is 4. The van der Waals surface area contributed by atoms with Gasteiger partial charge in [-0.1, -0.05) is 56.1 Å². The summed E-state index contributed by atoms with van der Waals surface area (Å²) in [7, 11) is 0. The molecule has 0 amide bonds. The predicted molar refractivity (Wildman–Crippen MR) is 83.1 cm³/mol. The van der Waals surface area contributed by atoms with Gasteiger partial charge in [0.1, 0.15) is 0 Å². The first kappa shape index (κ1) is 12.4. The molecule has 2 aromatic carbocycles. The minimum absolute atomic E-state index is 1.11. The Balaban J connectivity index is 2.01. The van der Waals surface area contributed by atoms with Crippen LogP contribution in [-0.4, -0.2) is 0 Å². The summed E-state index contributed by atoms with van der Waals surface area (Å²) in [4.78, 5) is 0. The number of benzene rings is 2. The zero-order valence-corrected chi connectivity index (χ0v) is 13.2. The third-order valence-corrected chi connectivity index (χ3v) is 5.13. The molecule has 0 aliphatic heterocycles. The van der Waals surface area contributed by atoms with Gasteiger partial charge in [-0.15, -0.1) is 0 Å². The van der Waals surface area contributed by atoms with Crippen molar-refractivity contribution >= 4 is 31.9 Å². The third-order valence-electron chi connectivity index (χ3n) is 3.59. The molecule has 3 rings (SSSR count). The number of rotatable bonds is 0. The fourth-order valence-corrected chi connectivity index (χ4v) is 3.40. The first-order valence-electron chi connectivity index (χ1n) is 6.27. The van der Waals surface area contributed by atoms with Crippen LogP contribution < -0.4 is 0 Å². The number of halogens is 2. The van der Waals surface area contributed by atoms with Crippen LogP contribution in [0.4, 0.5) is 0 Å². The van der Waals surface area contributed by atoms with Crippen molar-refractivity contribution in [2.75, 3.05) is 0 Å². The van der Waals surface area contributed by atoms with Crippen molar-refractivity contribution in [1.29, 1.82) is 0 Å². The van der Waals surface area contributed by atoms with Gasteiger partial charge in [-0.2, -0.15) is 0 Å². The van der Waals surface area contributed by atoms with Gasteiger partial charge in [-0.25, -0.2) is 0 Å². The Bertz CT molecular complexity index is 534. The molecule has 0 saturated heterocycles. The Labute approximate surface area is 125 Å². The van der Waals surface area contributed by atoms with Crippen LogP contribution in [0.15, 0.2) is 45.3 Å². The SMILES string of the molecule is Brc1ccc2cc1CCc1ccc(Br)c(c1)CC2. The third kappa shape index (κ3) is 2.55. The Hall–Kier alpha value is -0.600. The molecular weight excluding hydrogens is 352 g/mol. The summed E-state index contributed by atoms with van der Waals surface area (Å²) in [5.41, 5.74) is 5.73. The molecule has 0 N–H and O–H groups in total. The van der Waals surface area contributed by atoms with Gasteiger partial charge in [0.05, 0.1) is 0 Å². The summed E-state index contributed by atoms with van der Waals surface area (Å²) in [5.74, 6) is 0. The summed E-state index contributed by atoms with van der Waals surface area (Å²) in [6.07, 6.45) is 4.44. The lowest BCUT2D eigenvalue weighted by Gasteiger charge is -2.13. The summed E-state index contributed by atoms with van der Waals surface area (Å²) < 4.78 is 2.48. The van der Waals surface area contributed by atoms with Gasteiger partial charge < -0.3 is 0 Å². The molecule has 0 nitrogen and oxygen atoms in total. The normalized spacial score (nSPS) is 14.3. The van der Waals surface area contributed by atoms with E-state index in [-0.39, 0.29) is 0 Å². The Morgan fingerprint density at radius 1 is 0.611 bits per heavy atom. The van der Waals surface area contributed by atoms with Crippen molar-refractivity contribution in [3.63, 3.8) is 0 Å². The van der Waals surface area contributed by atoms with Crippen molar-refractivity contribution in [3.05, 3.63) is 67.6 Å². The average molecular weight is 366 g/mol. The second kappa shape index (κ2) is 5.18. The predicted octanol–water partition coefficient (Wildman–Crippen LogP) is 5.10. The van der Waals surface area contributed by atoms with E-state index in [2.05, 4.69) is 68.3 Å². The molecule has 0 saturated carbocycles. The van der Waals surface area contributed by atoms with E-state index in [4.69, 9.17) is 0 Å². The maximum Gasteiger partial charge on any atom is 0.0207 e. The smallest absolute Gasteiger partial charge is 0.0207 e. The molecule has 0 fully saturated rings. The highest BCUT2D eigenvalue weighted by Crippen LogP contribution is 2.26. The number of hydrogen-bond acceptors (Lipinski definition) is 0. The van der Waals surface area contributed by atoms with E-state index in [1.165, 1.54) is 31.2 Å². The first-order valence-corrected chi connectivity index (χ1v) is 7.85. The molecule has 2 heteroatoms. The van der Waals surface area contributed by atoms with Crippen LogP contribution in [0.1, 0.15) is 22.3 Å². The van der Waals surface area contributed by atoms with Crippen LogP contribution in [0, 0.1) is 0 Å². The van der Waals surface area contributed by atoms with E-state index >= 15 is 0 Å². The molecular formula is C16H14Br2. The van der Waals surface area contributed by atoms with Crippen LogP contribution in [0.25, 0.3) is 0 Å². The molecule has 18 heavy (non-hydrogen) atoms. The molecule has 0 aromatic heterocycles. The molecule has 0 radical (unpaired) electrons. The maximum absolute atomic E-state index is 3.65. The van der Waals surface area contributed by atoms with E-state index < -0.39 is 0 Å². The van der Waals surface area contributed by atoms with Gasteiger partial charge in [0, 0.05) is 8.95 Å². The van der Waals surface area contributed by atoms with Crippen LogP contribution in [0.5, 0.6) is 0 Å². The number of hydrogen-bond donors (Lipinski definition) is 0. The van der Waals surface area contributed by atoms with Gasteiger partial charge >= 0.3 is 0 Å². The summed E-state index contributed by atoms with van der Waals surface area (Å²) in [6.45, 7) is 0. The van der Waals surface area contributed by atoms with Crippen molar-refractivity contribution in [2.45, 2.75) is 25.7 Å². The molecule has 4 bridgehead atoms. The summed E-state index contributed by atoms with van der Waals surface area (Å²) in [6, 6.07) is 13.5. The summed E-state index contributed by atoms with van der Waals surface area (Å²) >= 11 is 7.31. The minimum atomic E-state index is 1.11. The summed E-state index contributed by atoms with van der Waals surface area (Å²) in [5, 5.41) is 0. The molecule has 0 spiro atoms. The van der Waals surface area contributed by atoms with Gasteiger partial charge in [-0.3, -0.25) is 0 Å². The van der Waals surface area contributed by atoms with Crippen molar-refractivity contribution in [3.8, 4) is 0 Å². The molecule has 1 aliphatic carbocycles. The van der Waals surface area contributed by atoms with E-state index in [0.717, 1.165) is 25.7 Å². The van der Waals surface area contributed by atoms with Crippen molar-refractivity contribution in [2.24, 2.45) is 0 Å². The van der Waals surface area contributed by atoms with Crippen molar-refractivity contribution in [1.82, 2.24) is 0 Å². The molecule has 1 aliphatic rings. The highest BCUT2D eigenvalue weighted by atomic mass is 79.9. The lowest BCUT2D eigenvalue weighted by atomic mass is 9.95. The quantitative estimate of drug-likeness (QED) is 0.609. The average Bonchev–Trinajstić information content (AvgIpc) is 2.38. The molecule has 0 unspecified atom stereocenters. The second-order valence-electron chi connectivity index (χ2n) is 4.85. The highest BCUT2D eigenvalue weighted by Gasteiger charge is 2.08. The van der Waals surface area contributed by atoms with E-state index in [0.29, 0.717) is 0 Å². The van der Waals surface area contributed by atoms with E-state index in [9.17, 15) is 0 Å². The Morgan fingerprint density at radius 2 is 1.06 bits per heavy atom. The first-order chi connectivity index (χ1) is 8.72. The molecule has 92 valence electrons. The van der Waals surface area contributed by atoms with Gasteiger partial charge in [0.25, 0.3) is 0 Å². The Kier molecular flexibility index (Phi) is 3.58. The van der Waals surface area contributed by atoms with Crippen LogP contribution >= 0.6 is 31.9 Å². The topological polar surface area (TPSA) is 0 Å². The van der Waals surface area contributed by atoms with Crippen LogP contribution in [0.2, 0.25) is 0 Å². The molecule has 0 atom stereocenters. The fraction of sp³-hybridized carbons (Fsp3) is 0.250. The maximum atomic E-state index is 3.65. The van der Waals surface area contributed by atoms with Gasteiger partial charge in [0.15, 0.2) is 0 Å².